The molecule has 0 fully saturated rings. The van der Waals surface area contributed by atoms with Crippen molar-refractivity contribution in [3.05, 3.63) is 55.7 Å². The summed E-state index contributed by atoms with van der Waals surface area (Å²) in [6.45, 7) is 1.99. The molecule has 0 aliphatic rings. The van der Waals surface area contributed by atoms with Crippen LogP contribution in [0.4, 0.5) is 8.78 Å². The number of benzene rings is 1. The minimum absolute atomic E-state index is 0.279. The van der Waals surface area contributed by atoms with Gasteiger partial charge in [0.05, 0.1) is 6.04 Å². The van der Waals surface area contributed by atoms with Crippen molar-refractivity contribution in [1.82, 2.24) is 5.32 Å². The molecule has 2 rings (SSSR count). The van der Waals surface area contributed by atoms with E-state index < -0.39 is 11.6 Å². The summed E-state index contributed by atoms with van der Waals surface area (Å²) in [6, 6.07) is 5.38. The third-order valence-corrected chi connectivity index (χ3v) is 4.69. The van der Waals surface area contributed by atoms with Gasteiger partial charge in [0.1, 0.15) is 11.6 Å². The highest BCUT2D eigenvalue weighted by molar-refractivity contribution is 9.10. The van der Waals surface area contributed by atoms with Gasteiger partial charge in [0.15, 0.2) is 0 Å². The van der Waals surface area contributed by atoms with Crippen LogP contribution >= 0.6 is 27.3 Å². The zero-order valence-electron chi connectivity index (χ0n) is 9.93. The van der Waals surface area contributed by atoms with Crippen molar-refractivity contribution in [2.75, 3.05) is 7.05 Å². The van der Waals surface area contributed by atoms with Crippen LogP contribution in [0.5, 0.6) is 0 Å². The molecule has 0 saturated carbocycles. The molecule has 1 nitrogen and oxygen atoms in total. The molecule has 5 heteroatoms. The summed E-state index contributed by atoms with van der Waals surface area (Å²) >= 11 is 5.05. The Morgan fingerprint density at radius 1 is 1.28 bits per heavy atom. The van der Waals surface area contributed by atoms with Crippen LogP contribution in [0.2, 0.25) is 0 Å². The van der Waals surface area contributed by atoms with E-state index in [1.807, 2.05) is 13.0 Å². The normalized spacial score (nSPS) is 12.7. The van der Waals surface area contributed by atoms with Crippen molar-refractivity contribution in [1.29, 1.82) is 0 Å². The molecule has 0 amide bonds. The fourth-order valence-corrected chi connectivity index (χ4v) is 3.87. The van der Waals surface area contributed by atoms with E-state index in [0.717, 1.165) is 20.3 Å². The van der Waals surface area contributed by atoms with E-state index in [2.05, 4.69) is 21.2 Å². The molecule has 18 heavy (non-hydrogen) atoms. The van der Waals surface area contributed by atoms with E-state index in [1.54, 1.807) is 18.4 Å². The maximum atomic E-state index is 13.8. The predicted octanol–water partition coefficient (Wildman–Crippen LogP) is 4.41. The van der Waals surface area contributed by atoms with Gasteiger partial charge < -0.3 is 5.32 Å². The molecule has 1 aromatic heterocycles. The van der Waals surface area contributed by atoms with E-state index in [-0.39, 0.29) is 6.04 Å². The van der Waals surface area contributed by atoms with Gasteiger partial charge in [-0.15, -0.1) is 11.3 Å². The fraction of sp³-hybridized carbons (Fsp3) is 0.231. The monoisotopic (exact) mass is 331 g/mol. The van der Waals surface area contributed by atoms with E-state index >= 15 is 0 Å². The Kier molecular flexibility index (Phi) is 4.14. The molecule has 0 radical (unpaired) electrons. The van der Waals surface area contributed by atoms with E-state index in [4.69, 9.17) is 0 Å². The van der Waals surface area contributed by atoms with Gasteiger partial charge in [-0.25, -0.2) is 8.78 Å². The third kappa shape index (κ3) is 2.63. The molecule has 1 unspecified atom stereocenters. The van der Waals surface area contributed by atoms with Crippen LogP contribution in [0, 0.1) is 18.6 Å². The summed E-state index contributed by atoms with van der Waals surface area (Å²) in [5, 5.41) is 3.07. The number of aryl methyl sites for hydroxylation is 1. The first-order valence-corrected chi connectivity index (χ1v) is 7.02. The van der Waals surface area contributed by atoms with Crippen LogP contribution in [0.15, 0.2) is 28.7 Å². The summed E-state index contributed by atoms with van der Waals surface area (Å²) < 4.78 is 27.7. The lowest BCUT2D eigenvalue weighted by molar-refractivity contribution is 0.553. The Morgan fingerprint density at radius 2 is 2.00 bits per heavy atom. The summed E-state index contributed by atoms with van der Waals surface area (Å²) in [5.74, 6) is -1.10. The predicted molar refractivity (Wildman–Crippen MR) is 74.0 cm³/mol. The number of nitrogens with one attached hydrogen (secondary N) is 1. The third-order valence-electron chi connectivity index (χ3n) is 2.66. The highest BCUT2D eigenvalue weighted by atomic mass is 79.9. The minimum atomic E-state index is -0.562. The SMILES string of the molecule is CNC(c1ccc(F)cc1F)c1sc(C)cc1Br. The molecule has 0 bridgehead atoms. The molecule has 0 aliphatic carbocycles. The highest BCUT2D eigenvalue weighted by Gasteiger charge is 2.20. The van der Waals surface area contributed by atoms with Crippen molar-refractivity contribution in [2.45, 2.75) is 13.0 Å². The van der Waals surface area contributed by atoms with Crippen molar-refractivity contribution in [3.8, 4) is 0 Å². The Morgan fingerprint density at radius 3 is 2.50 bits per heavy atom. The molecule has 0 spiro atoms. The van der Waals surface area contributed by atoms with Gasteiger partial charge in [-0.2, -0.15) is 0 Å². The van der Waals surface area contributed by atoms with E-state index in [1.165, 1.54) is 12.1 Å². The second-order valence-electron chi connectivity index (χ2n) is 3.96. The van der Waals surface area contributed by atoms with Crippen LogP contribution in [0.25, 0.3) is 0 Å². The molecule has 1 aromatic carbocycles. The molecular formula is C13H12BrF2NS. The van der Waals surface area contributed by atoms with Crippen LogP contribution < -0.4 is 5.32 Å². The van der Waals surface area contributed by atoms with Gasteiger partial charge in [0.2, 0.25) is 0 Å². The minimum Gasteiger partial charge on any atom is -0.309 e. The standard InChI is InChI=1S/C13H12BrF2NS/c1-7-5-10(14)13(18-7)12(17-2)9-4-3-8(15)6-11(9)16/h3-6,12,17H,1-2H3. The quantitative estimate of drug-likeness (QED) is 0.878. The summed E-state index contributed by atoms with van der Waals surface area (Å²) in [5.41, 5.74) is 0.446. The van der Waals surface area contributed by atoms with Gasteiger partial charge in [-0.1, -0.05) is 6.07 Å². The molecule has 0 aliphatic heterocycles. The Bertz CT molecular complexity index is 568. The number of thiophene rings is 1. The largest absolute Gasteiger partial charge is 0.309 e. The van der Waals surface area contributed by atoms with Gasteiger partial charge in [-0.3, -0.25) is 0 Å². The van der Waals surface area contributed by atoms with Crippen LogP contribution in [0.3, 0.4) is 0 Å². The lowest BCUT2D eigenvalue weighted by Crippen LogP contribution is -2.18. The Balaban J connectivity index is 2.48. The second kappa shape index (κ2) is 5.47. The van der Waals surface area contributed by atoms with Gasteiger partial charge >= 0.3 is 0 Å². The number of halogens is 3. The first-order chi connectivity index (χ1) is 8.52. The maximum Gasteiger partial charge on any atom is 0.131 e. The smallest absolute Gasteiger partial charge is 0.131 e. The van der Waals surface area contributed by atoms with E-state index in [0.29, 0.717) is 5.56 Å². The average molecular weight is 332 g/mol. The van der Waals surface area contributed by atoms with Crippen LogP contribution in [-0.4, -0.2) is 7.05 Å². The Labute approximate surface area is 117 Å². The Hall–Kier alpha value is -0.780. The van der Waals surface area contributed by atoms with Gasteiger partial charge in [-0.05, 0) is 42.0 Å². The maximum absolute atomic E-state index is 13.8. The molecule has 2 aromatic rings. The van der Waals surface area contributed by atoms with Crippen molar-refractivity contribution in [3.63, 3.8) is 0 Å². The fourth-order valence-electron chi connectivity index (χ4n) is 1.86. The molecule has 1 atom stereocenters. The molecule has 1 heterocycles. The van der Waals surface area contributed by atoms with E-state index in [9.17, 15) is 8.78 Å². The first-order valence-electron chi connectivity index (χ1n) is 5.41. The first kappa shape index (κ1) is 13.6. The van der Waals surface area contributed by atoms with Crippen molar-refractivity contribution in [2.24, 2.45) is 0 Å². The second-order valence-corrected chi connectivity index (χ2v) is 6.10. The van der Waals surface area contributed by atoms with Crippen molar-refractivity contribution >= 4 is 27.3 Å². The van der Waals surface area contributed by atoms with Crippen LogP contribution in [-0.2, 0) is 0 Å². The van der Waals surface area contributed by atoms with Gasteiger partial charge in [0, 0.05) is 25.9 Å². The zero-order chi connectivity index (χ0) is 13.3. The molecule has 96 valence electrons. The highest BCUT2D eigenvalue weighted by Crippen LogP contribution is 2.36. The number of rotatable bonds is 3. The topological polar surface area (TPSA) is 12.0 Å². The lowest BCUT2D eigenvalue weighted by atomic mass is 10.0. The summed E-state index contributed by atoms with van der Waals surface area (Å²) in [7, 11) is 1.76. The van der Waals surface area contributed by atoms with Crippen LogP contribution in [0.1, 0.15) is 21.4 Å². The molecular weight excluding hydrogens is 320 g/mol. The summed E-state index contributed by atoms with van der Waals surface area (Å²) in [6.07, 6.45) is 0. The number of hydrogen-bond donors (Lipinski definition) is 1. The average Bonchev–Trinajstić information content (AvgIpc) is 2.62. The molecule has 0 saturated heterocycles. The molecule has 1 N–H and O–H groups in total. The zero-order valence-corrected chi connectivity index (χ0v) is 12.3. The van der Waals surface area contributed by atoms with Gasteiger partial charge in [0.25, 0.3) is 0 Å². The van der Waals surface area contributed by atoms with Crippen molar-refractivity contribution < 1.29 is 8.78 Å². The summed E-state index contributed by atoms with van der Waals surface area (Å²) in [4.78, 5) is 2.13. The lowest BCUT2D eigenvalue weighted by Gasteiger charge is -2.16. The number of hydrogen-bond acceptors (Lipinski definition) is 2.